The topological polar surface area (TPSA) is 28.3 Å². The van der Waals surface area contributed by atoms with Crippen LogP contribution in [-0.2, 0) is 0 Å². The van der Waals surface area contributed by atoms with Crippen LogP contribution in [0.2, 0.25) is 0 Å². The zero-order valence-electron chi connectivity index (χ0n) is 10.9. The van der Waals surface area contributed by atoms with Crippen LogP contribution in [0.15, 0.2) is 73.1 Å². The summed E-state index contributed by atoms with van der Waals surface area (Å²) in [5, 5.41) is 4.93. The largest absolute Gasteiger partial charge is 0.284 e. The highest BCUT2D eigenvalue weighted by Gasteiger charge is 2.19. The molecular weight excluding hydrogens is 244 g/mol. The Kier molecular flexibility index (Phi) is 2.46. The van der Waals surface area contributed by atoms with Gasteiger partial charge in [-0.05, 0) is 22.9 Å². The molecule has 0 amide bonds. The average molecular weight is 258 g/mol. The smallest absolute Gasteiger partial charge is 0.205 e. The van der Waals surface area contributed by atoms with E-state index in [9.17, 15) is 0 Å². The second kappa shape index (κ2) is 4.42. The lowest BCUT2D eigenvalue weighted by atomic mass is 10.0. The summed E-state index contributed by atoms with van der Waals surface area (Å²) in [5.41, 5.74) is 2.25. The van der Waals surface area contributed by atoms with Crippen LogP contribution < -0.4 is 9.97 Å². The molecule has 94 valence electrons. The lowest BCUT2D eigenvalue weighted by Crippen LogP contribution is -2.15. The molecule has 0 fully saturated rings. The number of nitrogens with one attached hydrogen (secondary N) is 2. The van der Waals surface area contributed by atoms with Gasteiger partial charge in [0.25, 0.3) is 11.4 Å². The number of pyridine rings is 2. The average Bonchev–Trinajstić information content (AvgIpc) is 2.54. The minimum atomic E-state index is 1.12. The Morgan fingerprint density at radius 2 is 0.950 bits per heavy atom. The van der Waals surface area contributed by atoms with Crippen LogP contribution in [0.5, 0.6) is 0 Å². The Morgan fingerprint density at radius 3 is 1.45 bits per heavy atom. The molecule has 2 aromatic carbocycles. The van der Waals surface area contributed by atoms with Gasteiger partial charge in [-0.3, -0.25) is 0 Å². The van der Waals surface area contributed by atoms with Crippen molar-refractivity contribution in [3.05, 3.63) is 73.1 Å². The summed E-state index contributed by atoms with van der Waals surface area (Å²) >= 11 is 0. The van der Waals surface area contributed by atoms with Crippen LogP contribution in [0.25, 0.3) is 32.9 Å². The first kappa shape index (κ1) is 11.1. The first-order chi connectivity index (χ1) is 9.93. The summed E-state index contributed by atoms with van der Waals surface area (Å²) in [6.45, 7) is 0. The Balaban J connectivity index is 2.12. The van der Waals surface area contributed by atoms with Crippen molar-refractivity contribution in [2.24, 2.45) is 0 Å². The van der Waals surface area contributed by atoms with E-state index in [2.05, 4.69) is 70.6 Å². The van der Waals surface area contributed by atoms with Crippen LogP contribution >= 0.6 is 0 Å². The number of fused-ring (bicyclic) bond motifs is 2. The summed E-state index contributed by atoms with van der Waals surface area (Å²) in [5.74, 6) is 0. The van der Waals surface area contributed by atoms with Crippen molar-refractivity contribution in [1.82, 2.24) is 0 Å². The molecule has 2 heterocycles. The molecule has 0 bridgehead atoms. The number of hydrogen-bond acceptors (Lipinski definition) is 0. The van der Waals surface area contributed by atoms with Crippen molar-refractivity contribution in [1.29, 1.82) is 0 Å². The van der Waals surface area contributed by atoms with E-state index < -0.39 is 0 Å². The van der Waals surface area contributed by atoms with Gasteiger partial charge in [0, 0.05) is 12.1 Å². The molecule has 4 aromatic rings. The predicted molar refractivity (Wildman–Crippen MR) is 80.0 cm³/mol. The molecule has 2 heteroatoms. The van der Waals surface area contributed by atoms with Crippen molar-refractivity contribution in [2.45, 2.75) is 0 Å². The van der Waals surface area contributed by atoms with E-state index in [0.717, 1.165) is 11.4 Å². The van der Waals surface area contributed by atoms with E-state index in [1.54, 1.807) is 0 Å². The predicted octanol–water partition coefficient (Wildman–Crippen LogP) is 3.29. The molecule has 4 rings (SSSR count). The zero-order chi connectivity index (χ0) is 13.4. The molecule has 0 aliphatic rings. The van der Waals surface area contributed by atoms with Crippen LogP contribution in [0.1, 0.15) is 0 Å². The number of aromatic nitrogens is 2. The van der Waals surface area contributed by atoms with Gasteiger partial charge in [-0.2, -0.15) is 0 Å². The molecule has 0 radical (unpaired) electrons. The fourth-order valence-electron chi connectivity index (χ4n) is 2.74. The first-order valence-electron chi connectivity index (χ1n) is 6.73. The van der Waals surface area contributed by atoms with E-state index in [-0.39, 0.29) is 0 Å². The summed E-state index contributed by atoms with van der Waals surface area (Å²) in [6.07, 6.45) is 3.99. The highest BCUT2D eigenvalue weighted by molar-refractivity contribution is 5.99. The van der Waals surface area contributed by atoms with Crippen molar-refractivity contribution < 1.29 is 9.97 Å². The number of aromatic amines is 2. The quantitative estimate of drug-likeness (QED) is 0.501. The third kappa shape index (κ3) is 1.66. The summed E-state index contributed by atoms with van der Waals surface area (Å²) in [7, 11) is 0. The third-order valence-corrected chi connectivity index (χ3v) is 3.69. The van der Waals surface area contributed by atoms with E-state index in [4.69, 9.17) is 0 Å². The van der Waals surface area contributed by atoms with Crippen LogP contribution in [0.3, 0.4) is 0 Å². The minimum Gasteiger partial charge on any atom is -0.205 e. The van der Waals surface area contributed by atoms with Gasteiger partial charge in [0.2, 0.25) is 0 Å². The summed E-state index contributed by atoms with van der Waals surface area (Å²) in [4.78, 5) is 6.78. The second-order valence-electron chi connectivity index (χ2n) is 4.88. The number of H-pyrrole nitrogens is 2. The van der Waals surface area contributed by atoms with Gasteiger partial charge in [-0.1, -0.05) is 36.4 Å². The molecule has 2 aromatic heterocycles. The number of rotatable bonds is 1. The van der Waals surface area contributed by atoms with E-state index in [1.807, 2.05) is 12.4 Å². The SMILES string of the molecule is c1ccc2c(-c3[nH+]ccc4ccccc34)[nH+]ccc2c1. The second-order valence-corrected chi connectivity index (χ2v) is 4.88. The van der Waals surface area contributed by atoms with Gasteiger partial charge >= 0.3 is 0 Å². The third-order valence-electron chi connectivity index (χ3n) is 3.69. The molecular formula is C18H14N2+2. The number of hydrogen-bond donors (Lipinski definition) is 0. The molecule has 0 aliphatic carbocycles. The molecule has 2 nitrogen and oxygen atoms in total. The maximum Gasteiger partial charge on any atom is 0.284 e. The molecule has 20 heavy (non-hydrogen) atoms. The Bertz CT molecular complexity index is 825. The van der Waals surface area contributed by atoms with Gasteiger partial charge < -0.3 is 0 Å². The van der Waals surface area contributed by atoms with Crippen LogP contribution in [0.4, 0.5) is 0 Å². The van der Waals surface area contributed by atoms with Gasteiger partial charge in [0.15, 0.2) is 12.4 Å². The Labute approximate surface area is 116 Å². The maximum absolute atomic E-state index is 3.39. The monoisotopic (exact) mass is 258 g/mol. The van der Waals surface area contributed by atoms with Crippen molar-refractivity contribution >= 4 is 21.5 Å². The van der Waals surface area contributed by atoms with Crippen molar-refractivity contribution in [3.8, 4) is 11.4 Å². The van der Waals surface area contributed by atoms with Crippen LogP contribution in [0, 0.1) is 0 Å². The molecule has 2 N–H and O–H groups in total. The van der Waals surface area contributed by atoms with Gasteiger partial charge in [0.1, 0.15) is 0 Å². The van der Waals surface area contributed by atoms with Crippen LogP contribution in [-0.4, -0.2) is 0 Å². The molecule has 0 unspecified atom stereocenters. The van der Waals surface area contributed by atoms with Gasteiger partial charge in [0.05, 0.1) is 10.8 Å². The van der Waals surface area contributed by atoms with E-state index >= 15 is 0 Å². The summed E-state index contributed by atoms with van der Waals surface area (Å²) < 4.78 is 0. The molecule has 0 spiro atoms. The molecule has 0 atom stereocenters. The normalized spacial score (nSPS) is 11.0. The molecule has 0 saturated carbocycles. The fourth-order valence-corrected chi connectivity index (χ4v) is 2.74. The van der Waals surface area contributed by atoms with Gasteiger partial charge in [-0.25, -0.2) is 9.97 Å². The zero-order valence-corrected chi connectivity index (χ0v) is 10.9. The van der Waals surface area contributed by atoms with Crippen molar-refractivity contribution in [3.63, 3.8) is 0 Å². The lowest BCUT2D eigenvalue weighted by molar-refractivity contribution is -0.399. The first-order valence-corrected chi connectivity index (χ1v) is 6.73. The summed E-state index contributed by atoms with van der Waals surface area (Å²) in [6, 6.07) is 21.1. The highest BCUT2D eigenvalue weighted by atomic mass is 14.8. The van der Waals surface area contributed by atoms with E-state index in [0.29, 0.717) is 0 Å². The fraction of sp³-hybridized carbons (Fsp3) is 0. The van der Waals surface area contributed by atoms with Gasteiger partial charge in [-0.15, -0.1) is 0 Å². The molecule has 0 saturated heterocycles. The highest BCUT2D eigenvalue weighted by Crippen LogP contribution is 2.26. The number of benzene rings is 2. The van der Waals surface area contributed by atoms with Crippen molar-refractivity contribution in [2.75, 3.05) is 0 Å². The molecule has 0 aliphatic heterocycles. The Hall–Kier alpha value is -2.74. The standard InChI is InChI=1S/C18H12N2/c1-3-7-15-13(5-1)9-11-19-17(15)18-16-8-4-2-6-14(16)10-12-20-18/h1-12H/p+2. The maximum atomic E-state index is 3.39. The van der Waals surface area contributed by atoms with E-state index in [1.165, 1.54) is 21.5 Å². The minimum absolute atomic E-state index is 1.12. The lowest BCUT2D eigenvalue weighted by Gasteiger charge is -2.00. The Morgan fingerprint density at radius 1 is 0.500 bits per heavy atom.